The molecule has 0 aliphatic carbocycles. The highest BCUT2D eigenvalue weighted by molar-refractivity contribution is 6.31. The van der Waals surface area contributed by atoms with E-state index < -0.39 is 16.9 Å². The number of nitro groups is 1. The second-order valence-electron chi connectivity index (χ2n) is 6.23. The Bertz CT molecular complexity index is 1070. The van der Waals surface area contributed by atoms with Crippen LogP contribution in [0.1, 0.15) is 35.3 Å². The summed E-state index contributed by atoms with van der Waals surface area (Å²) in [7, 11) is 0. The molecule has 1 N–H and O–H groups in total. The quantitative estimate of drug-likeness (QED) is 0.354. The van der Waals surface area contributed by atoms with Gasteiger partial charge in [-0.1, -0.05) is 48.9 Å². The number of anilines is 1. The van der Waals surface area contributed by atoms with E-state index in [1.54, 1.807) is 49.4 Å². The summed E-state index contributed by atoms with van der Waals surface area (Å²) in [5, 5.41) is 17.9. The van der Waals surface area contributed by atoms with E-state index in [9.17, 15) is 19.7 Å². The van der Waals surface area contributed by atoms with Crippen molar-refractivity contribution in [3.05, 3.63) is 87.2 Å². The van der Waals surface area contributed by atoms with Crippen molar-refractivity contribution in [1.82, 2.24) is 9.78 Å². The van der Waals surface area contributed by atoms with Gasteiger partial charge < -0.3 is 5.32 Å². The predicted molar refractivity (Wildman–Crippen MR) is 108 cm³/mol. The molecule has 0 fully saturated rings. The highest BCUT2D eigenvalue weighted by atomic mass is 35.5. The molecule has 0 radical (unpaired) electrons. The first kappa shape index (κ1) is 20.2. The van der Waals surface area contributed by atoms with E-state index in [0.717, 1.165) is 6.20 Å². The Morgan fingerprint density at radius 2 is 1.97 bits per heavy atom. The van der Waals surface area contributed by atoms with Crippen LogP contribution in [0.15, 0.2) is 60.9 Å². The normalized spacial score (nSPS) is 11.7. The number of rotatable bonds is 7. The Morgan fingerprint density at radius 1 is 1.24 bits per heavy atom. The average Bonchev–Trinajstić information content (AvgIpc) is 3.20. The molecule has 1 amide bonds. The van der Waals surface area contributed by atoms with Gasteiger partial charge in [0.15, 0.2) is 5.78 Å². The summed E-state index contributed by atoms with van der Waals surface area (Å²) in [6, 6.07) is 12.5. The van der Waals surface area contributed by atoms with E-state index >= 15 is 0 Å². The van der Waals surface area contributed by atoms with Gasteiger partial charge in [0, 0.05) is 16.1 Å². The third kappa shape index (κ3) is 4.49. The zero-order chi connectivity index (χ0) is 21.0. The molecule has 2 aromatic carbocycles. The fourth-order valence-electron chi connectivity index (χ4n) is 2.86. The second-order valence-corrected chi connectivity index (χ2v) is 6.67. The first-order valence-electron chi connectivity index (χ1n) is 8.79. The summed E-state index contributed by atoms with van der Waals surface area (Å²) < 4.78 is 1.24. The SMILES string of the molecule is CCC(C(=O)Nc1ccc(Cl)cc1C(=O)c1ccccc1)n1cc([N+](=O)[O-])cn1. The molecular formula is C20H17ClN4O4. The molecule has 8 nitrogen and oxygen atoms in total. The first-order chi connectivity index (χ1) is 13.9. The topological polar surface area (TPSA) is 107 Å². The summed E-state index contributed by atoms with van der Waals surface area (Å²) in [5.74, 6) is -0.735. The molecule has 0 bridgehead atoms. The number of amides is 1. The predicted octanol–water partition coefficient (Wildman–Crippen LogP) is 4.27. The molecule has 1 atom stereocenters. The highest BCUT2D eigenvalue weighted by Crippen LogP contribution is 2.25. The van der Waals surface area contributed by atoms with Crippen LogP contribution in [-0.4, -0.2) is 26.4 Å². The third-order valence-electron chi connectivity index (χ3n) is 4.33. The molecule has 29 heavy (non-hydrogen) atoms. The van der Waals surface area contributed by atoms with Crippen LogP contribution in [0.3, 0.4) is 0 Å². The number of hydrogen-bond donors (Lipinski definition) is 1. The van der Waals surface area contributed by atoms with Gasteiger partial charge in [-0.25, -0.2) is 0 Å². The molecule has 0 saturated carbocycles. The maximum Gasteiger partial charge on any atom is 0.307 e. The van der Waals surface area contributed by atoms with Crippen LogP contribution in [0.5, 0.6) is 0 Å². The number of halogens is 1. The van der Waals surface area contributed by atoms with Crippen molar-refractivity contribution in [3.63, 3.8) is 0 Å². The molecule has 9 heteroatoms. The first-order valence-corrected chi connectivity index (χ1v) is 9.17. The number of aromatic nitrogens is 2. The highest BCUT2D eigenvalue weighted by Gasteiger charge is 2.24. The summed E-state index contributed by atoms with van der Waals surface area (Å²) in [6.07, 6.45) is 2.63. The summed E-state index contributed by atoms with van der Waals surface area (Å²) >= 11 is 6.06. The lowest BCUT2D eigenvalue weighted by Crippen LogP contribution is -2.26. The van der Waals surface area contributed by atoms with Gasteiger partial charge >= 0.3 is 5.69 Å². The molecular weight excluding hydrogens is 396 g/mol. The van der Waals surface area contributed by atoms with Crippen LogP contribution in [0, 0.1) is 10.1 Å². The fraction of sp³-hybridized carbons (Fsp3) is 0.150. The minimum atomic E-state index is -0.779. The van der Waals surface area contributed by atoms with Crippen LogP contribution in [0.25, 0.3) is 0 Å². The minimum Gasteiger partial charge on any atom is -0.324 e. The lowest BCUT2D eigenvalue weighted by Gasteiger charge is -2.17. The van der Waals surface area contributed by atoms with Gasteiger partial charge in [-0.15, -0.1) is 0 Å². The second kappa shape index (κ2) is 8.66. The number of hydrogen-bond acceptors (Lipinski definition) is 5. The van der Waals surface area contributed by atoms with Gasteiger partial charge in [0.1, 0.15) is 18.4 Å². The average molecular weight is 413 g/mol. The molecule has 3 rings (SSSR count). The summed E-state index contributed by atoms with van der Waals surface area (Å²) in [6.45, 7) is 1.76. The molecule has 148 valence electrons. The molecule has 1 unspecified atom stereocenters. The van der Waals surface area contributed by atoms with Crippen molar-refractivity contribution < 1.29 is 14.5 Å². The van der Waals surface area contributed by atoms with Gasteiger partial charge in [0.05, 0.1) is 10.6 Å². The van der Waals surface area contributed by atoms with Gasteiger partial charge in [-0.05, 0) is 24.6 Å². The third-order valence-corrected chi connectivity index (χ3v) is 4.56. The van der Waals surface area contributed by atoms with Crippen LogP contribution >= 0.6 is 11.6 Å². The number of carbonyl (C=O) groups is 2. The molecule has 1 heterocycles. The molecule has 0 aliphatic rings. The monoisotopic (exact) mass is 412 g/mol. The van der Waals surface area contributed by atoms with Crippen molar-refractivity contribution >= 4 is 34.7 Å². The van der Waals surface area contributed by atoms with Crippen molar-refractivity contribution in [2.45, 2.75) is 19.4 Å². The standard InChI is InChI=1S/C20H17ClN4O4/c1-2-18(24-12-15(11-22-24)25(28)29)20(27)23-17-9-8-14(21)10-16(17)19(26)13-6-4-3-5-7-13/h3-12,18H,2H2,1H3,(H,23,27). The Kier molecular flexibility index (Phi) is 6.04. The largest absolute Gasteiger partial charge is 0.324 e. The number of carbonyl (C=O) groups excluding carboxylic acids is 2. The van der Waals surface area contributed by atoms with Crippen molar-refractivity contribution in [2.24, 2.45) is 0 Å². The van der Waals surface area contributed by atoms with Gasteiger partial charge in [-0.3, -0.25) is 24.4 Å². The van der Waals surface area contributed by atoms with E-state index in [1.807, 2.05) is 0 Å². The minimum absolute atomic E-state index is 0.206. The number of benzene rings is 2. The molecule has 0 aliphatic heterocycles. The van der Waals surface area contributed by atoms with Crippen molar-refractivity contribution in [2.75, 3.05) is 5.32 Å². The summed E-state index contributed by atoms with van der Waals surface area (Å²) in [5.41, 5.74) is 0.800. The zero-order valence-electron chi connectivity index (χ0n) is 15.4. The van der Waals surface area contributed by atoms with Crippen LogP contribution in [0.4, 0.5) is 11.4 Å². The summed E-state index contributed by atoms with van der Waals surface area (Å²) in [4.78, 5) is 36.0. The van der Waals surface area contributed by atoms with E-state index in [4.69, 9.17) is 11.6 Å². The van der Waals surface area contributed by atoms with Gasteiger partial charge in [0.2, 0.25) is 5.91 Å². The molecule has 1 aromatic heterocycles. The number of nitrogens with one attached hydrogen (secondary N) is 1. The zero-order valence-corrected chi connectivity index (χ0v) is 16.2. The van der Waals surface area contributed by atoms with Gasteiger partial charge in [-0.2, -0.15) is 5.10 Å². The Labute approximate surface area is 171 Å². The molecule has 0 spiro atoms. The van der Waals surface area contributed by atoms with Crippen molar-refractivity contribution in [1.29, 1.82) is 0 Å². The van der Waals surface area contributed by atoms with Crippen LogP contribution in [-0.2, 0) is 4.79 Å². The number of ketones is 1. The maximum absolute atomic E-state index is 12.9. The van der Waals surface area contributed by atoms with E-state index in [-0.39, 0.29) is 17.0 Å². The lowest BCUT2D eigenvalue weighted by molar-refractivity contribution is -0.385. The van der Waals surface area contributed by atoms with Gasteiger partial charge in [0.25, 0.3) is 0 Å². The maximum atomic E-state index is 12.9. The molecule has 3 aromatic rings. The van der Waals surface area contributed by atoms with E-state index in [1.165, 1.54) is 16.9 Å². The fourth-order valence-corrected chi connectivity index (χ4v) is 3.03. The van der Waals surface area contributed by atoms with Crippen LogP contribution < -0.4 is 5.32 Å². The van der Waals surface area contributed by atoms with E-state index in [2.05, 4.69) is 10.4 Å². The Morgan fingerprint density at radius 3 is 2.59 bits per heavy atom. The number of nitrogens with zero attached hydrogens (tertiary/aromatic N) is 3. The van der Waals surface area contributed by atoms with E-state index in [0.29, 0.717) is 22.7 Å². The Hall–Kier alpha value is -3.52. The van der Waals surface area contributed by atoms with Crippen LogP contribution in [0.2, 0.25) is 5.02 Å². The van der Waals surface area contributed by atoms with Crippen molar-refractivity contribution in [3.8, 4) is 0 Å². The lowest BCUT2D eigenvalue weighted by atomic mass is 10.0. The smallest absolute Gasteiger partial charge is 0.307 e. The molecule has 0 saturated heterocycles. The Balaban J connectivity index is 1.89.